The molecule has 0 aliphatic carbocycles. The van der Waals surface area contributed by atoms with Gasteiger partial charge in [0.2, 0.25) is 0 Å². The lowest BCUT2D eigenvalue weighted by Crippen LogP contribution is -2.11. The molecule has 0 bridgehead atoms. The molecule has 0 aliphatic rings. The predicted octanol–water partition coefficient (Wildman–Crippen LogP) is 6.21. The number of carbonyl (C=O) groups is 2. The summed E-state index contributed by atoms with van der Waals surface area (Å²) >= 11 is 9.08. The minimum absolute atomic E-state index is 0.394. The van der Waals surface area contributed by atoms with Crippen LogP contribution in [0.3, 0.4) is 0 Å². The van der Waals surface area contributed by atoms with Gasteiger partial charge in [-0.25, -0.2) is 10.3 Å². The highest BCUT2D eigenvalue weighted by atomic mass is 79.9. The standard InChI is InChI=1S/C20H13BrClN3O3/c21-18-4-2-1-3-17(18)20(27)28-25-16-11-9-15(10-12-16)23-24-19(26)13-5-7-14(22)8-6-13/h1-12,25H. The summed E-state index contributed by atoms with van der Waals surface area (Å²) in [4.78, 5) is 29.1. The molecule has 8 heteroatoms. The molecule has 1 N–H and O–H groups in total. The van der Waals surface area contributed by atoms with Crippen molar-refractivity contribution in [3.8, 4) is 0 Å². The molecule has 28 heavy (non-hydrogen) atoms. The number of azo groups is 1. The van der Waals surface area contributed by atoms with E-state index in [1.165, 1.54) is 0 Å². The molecule has 140 valence electrons. The van der Waals surface area contributed by atoms with Crippen LogP contribution >= 0.6 is 27.5 Å². The van der Waals surface area contributed by atoms with Gasteiger partial charge in [-0.1, -0.05) is 23.7 Å². The van der Waals surface area contributed by atoms with E-state index in [9.17, 15) is 9.59 Å². The van der Waals surface area contributed by atoms with Crippen LogP contribution in [0.25, 0.3) is 0 Å². The van der Waals surface area contributed by atoms with E-state index in [1.54, 1.807) is 72.8 Å². The smallest absolute Gasteiger partial charge is 0.338 e. The average molecular weight is 459 g/mol. The van der Waals surface area contributed by atoms with E-state index >= 15 is 0 Å². The number of rotatable bonds is 5. The largest absolute Gasteiger partial charge is 0.363 e. The Morgan fingerprint density at radius 1 is 0.929 bits per heavy atom. The first-order valence-electron chi connectivity index (χ1n) is 8.06. The van der Waals surface area contributed by atoms with Crippen LogP contribution in [0.1, 0.15) is 20.7 Å². The molecule has 0 radical (unpaired) electrons. The number of hydrogen-bond donors (Lipinski definition) is 1. The van der Waals surface area contributed by atoms with E-state index in [0.717, 1.165) is 0 Å². The maximum Gasteiger partial charge on any atom is 0.363 e. The van der Waals surface area contributed by atoms with E-state index in [-0.39, 0.29) is 0 Å². The first kappa shape index (κ1) is 19.7. The lowest BCUT2D eigenvalue weighted by Gasteiger charge is -2.07. The van der Waals surface area contributed by atoms with Crippen LogP contribution in [-0.4, -0.2) is 11.9 Å². The number of halogens is 2. The number of amides is 1. The third-order valence-corrected chi connectivity index (χ3v) is 4.51. The van der Waals surface area contributed by atoms with Crippen molar-refractivity contribution >= 4 is 50.8 Å². The fourth-order valence-corrected chi connectivity index (χ4v) is 2.71. The van der Waals surface area contributed by atoms with Crippen molar-refractivity contribution in [3.05, 3.63) is 93.4 Å². The van der Waals surface area contributed by atoms with E-state index < -0.39 is 11.9 Å². The molecular weight excluding hydrogens is 446 g/mol. The van der Waals surface area contributed by atoms with Crippen LogP contribution in [0, 0.1) is 0 Å². The molecule has 3 rings (SSSR count). The Balaban J connectivity index is 1.57. The summed E-state index contributed by atoms with van der Waals surface area (Å²) < 4.78 is 0.642. The molecule has 0 aliphatic heterocycles. The van der Waals surface area contributed by atoms with Crippen molar-refractivity contribution < 1.29 is 14.4 Å². The second-order valence-corrected chi connectivity index (χ2v) is 6.82. The Morgan fingerprint density at radius 3 is 2.29 bits per heavy atom. The highest BCUT2D eigenvalue weighted by Gasteiger charge is 2.11. The number of carbonyl (C=O) groups excluding carboxylic acids is 2. The molecule has 0 spiro atoms. The van der Waals surface area contributed by atoms with Crippen LogP contribution in [-0.2, 0) is 4.84 Å². The maximum atomic E-state index is 12.0. The summed E-state index contributed by atoms with van der Waals surface area (Å²) in [5.41, 5.74) is 4.39. The van der Waals surface area contributed by atoms with E-state index in [4.69, 9.17) is 16.4 Å². The van der Waals surface area contributed by atoms with Gasteiger partial charge in [-0.05, 0) is 76.6 Å². The first-order valence-corrected chi connectivity index (χ1v) is 9.23. The third-order valence-electron chi connectivity index (χ3n) is 3.57. The normalized spacial score (nSPS) is 10.6. The van der Waals surface area contributed by atoms with Crippen LogP contribution in [0.2, 0.25) is 5.02 Å². The van der Waals surface area contributed by atoms with Gasteiger partial charge in [0.1, 0.15) is 0 Å². The van der Waals surface area contributed by atoms with Gasteiger partial charge in [-0.3, -0.25) is 4.79 Å². The van der Waals surface area contributed by atoms with E-state index in [0.29, 0.717) is 32.0 Å². The van der Waals surface area contributed by atoms with Crippen LogP contribution in [0.5, 0.6) is 0 Å². The summed E-state index contributed by atoms with van der Waals surface area (Å²) in [5, 5.41) is 8.12. The second kappa shape index (κ2) is 9.25. The van der Waals surface area contributed by atoms with E-state index in [2.05, 4.69) is 31.6 Å². The zero-order valence-corrected chi connectivity index (χ0v) is 16.6. The lowest BCUT2D eigenvalue weighted by molar-refractivity contribution is 0.0595. The summed E-state index contributed by atoms with van der Waals surface area (Å²) in [6, 6.07) is 19.9. The fourth-order valence-electron chi connectivity index (χ4n) is 2.14. The van der Waals surface area contributed by atoms with Gasteiger partial charge in [-0.2, -0.15) is 0 Å². The van der Waals surface area contributed by atoms with Gasteiger partial charge in [0.25, 0.3) is 5.91 Å². The van der Waals surface area contributed by atoms with Gasteiger partial charge >= 0.3 is 5.97 Å². The molecular formula is C20H13BrClN3O3. The van der Waals surface area contributed by atoms with Crippen molar-refractivity contribution in [2.24, 2.45) is 10.2 Å². The lowest BCUT2D eigenvalue weighted by atomic mass is 10.2. The minimum Gasteiger partial charge on any atom is -0.338 e. The molecule has 1 amide bonds. The van der Waals surface area contributed by atoms with Crippen LogP contribution in [0.4, 0.5) is 11.4 Å². The van der Waals surface area contributed by atoms with Crippen LogP contribution in [0.15, 0.2) is 87.5 Å². The molecule has 0 heterocycles. The number of anilines is 1. The summed E-state index contributed by atoms with van der Waals surface area (Å²) in [6.45, 7) is 0. The quantitative estimate of drug-likeness (QED) is 0.364. The molecule has 3 aromatic carbocycles. The minimum atomic E-state index is -0.523. The summed E-state index contributed by atoms with van der Waals surface area (Å²) in [5.74, 6) is -0.994. The fraction of sp³-hybridized carbons (Fsp3) is 0. The Morgan fingerprint density at radius 2 is 1.61 bits per heavy atom. The van der Waals surface area contributed by atoms with Crippen molar-refractivity contribution in [1.29, 1.82) is 0 Å². The van der Waals surface area contributed by atoms with Gasteiger partial charge in [0.15, 0.2) is 0 Å². The SMILES string of the molecule is O=C(N=Nc1ccc(NOC(=O)c2ccccc2Br)cc1)c1ccc(Cl)cc1. The highest BCUT2D eigenvalue weighted by molar-refractivity contribution is 9.10. The van der Waals surface area contributed by atoms with Gasteiger partial charge in [-0.15, -0.1) is 10.2 Å². The first-order chi connectivity index (χ1) is 13.5. The molecule has 0 atom stereocenters. The van der Waals surface area contributed by atoms with Gasteiger partial charge < -0.3 is 4.84 Å². The van der Waals surface area contributed by atoms with Crippen LogP contribution < -0.4 is 5.48 Å². The predicted molar refractivity (Wildman–Crippen MR) is 110 cm³/mol. The summed E-state index contributed by atoms with van der Waals surface area (Å²) in [6.07, 6.45) is 0. The zero-order chi connectivity index (χ0) is 19.9. The van der Waals surface area contributed by atoms with Crippen molar-refractivity contribution in [2.75, 3.05) is 5.48 Å². The molecule has 6 nitrogen and oxygen atoms in total. The molecule has 0 saturated carbocycles. The average Bonchev–Trinajstić information content (AvgIpc) is 2.72. The van der Waals surface area contributed by atoms with Crippen molar-refractivity contribution in [3.63, 3.8) is 0 Å². The van der Waals surface area contributed by atoms with Crippen molar-refractivity contribution in [2.45, 2.75) is 0 Å². The molecule has 0 saturated heterocycles. The third kappa shape index (κ3) is 5.25. The van der Waals surface area contributed by atoms with Crippen molar-refractivity contribution in [1.82, 2.24) is 0 Å². The van der Waals surface area contributed by atoms with E-state index in [1.807, 2.05) is 0 Å². The molecule has 0 fully saturated rings. The second-order valence-electron chi connectivity index (χ2n) is 5.53. The van der Waals surface area contributed by atoms with Gasteiger partial charge in [0, 0.05) is 15.1 Å². The Bertz CT molecular complexity index is 1020. The number of nitrogens with one attached hydrogen (secondary N) is 1. The maximum absolute atomic E-state index is 12.0. The summed E-state index contributed by atoms with van der Waals surface area (Å²) in [7, 11) is 0. The Labute approximate surface area is 174 Å². The Kier molecular flexibility index (Phi) is 6.52. The number of benzene rings is 3. The number of nitrogens with zero attached hydrogens (tertiary/aromatic N) is 2. The monoisotopic (exact) mass is 457 g/mol. The highest BCUT2D eigenvalue weighted by Crippen LogP contribution is 2.20. The Hall–Kier alpha value is -3.03. The molecule has 0 unspecified atom stereocenters. The molecule has 0 aromatic heterocycles. The number of hydrogen-bond acceptors (Lipinski definition) is 5. The molecule has 3 aromatic rings. The zero-order valence-electron chi connectivity index (χ0n) is 14.3. The van der Waals surface area contributed by atoms with Gasteiger partial charge in [0.05, 0.1) is 16.9 Å². The topological polar surface area (TPSA) is 80.1 Å².